The third-order valence-corrected chi connectivity index (χ3v) is 6.02. The molecule has 0 unspecified atom stereocenters. The lowest BCUT2D eigenvalue weighted by atomic mass is 9.94. The van der Waals surface area contributed by atoms with E-state index in [9.17, 15) is 14.7 Å². The number of carbonyl (C=O) groups excluding carboxylic acids is 1. The number of rotatable bonds is 6. The fraction of sp³-hybridized carbons (Fsp3) is 0.231. The summed E-state index contributed by atoms with van der Waals surface area (Å²) in [6.07, 6.45) is 1.01. The number of hydrogen-bond donors (Lipinski definition) is 2. The maximum atomic E-state index is 12.7. The highest BCUT2D eigenvalue weighted by molar-refractivity contribution is 6.09. The molecule has 0 bridgehead atoms. The van der Waals surface area contributed by atoms with Gasteiger partial charge in [-0.2, -0.15) is 0 Å². The number of amides is 1. The number of carbonyl (C=O) groups is 2. The Morgan fingerprint density at radius 1 is 1.03 bits per heavy atom. The van der Waals surface area contributed by atoms with Gasteiger partial charge in [-0.15, -0.1) is 0 Å². The second kappa shape index (κ2) is 9.14. The molecule has 0 spiro atoms. The Labute approximate surface area is 187 Å². The molecule has 0 saturated carbocycles. The summed E-state index contributed by atoms with van der Waals surface area (Å²) in [5, 5.41) is 12.5. The van der Waals surface area contributed by atoms with Gasteiger partial charge in [0.15, 0.2) is 0 Å². The van der Waals surface area contributed by atoms with Crippen molar-refractivity contribution in [2.75, 3.05) is 30.4 Å². The molecular formula is C26H26N2O4. The number of para-hydroxylation sites is 1. The van der Waals surface area contributed by atoms with Crippen molar-refractivity contribution in [2.24, 2.45) is 0 Å². The highest BCUT2D eigenvalue weighted by Crippen LogP contribution is 2.34. The van der Waals surface area contributed by atoms with Crippen molar-refractivity contribution in [1.82, 2.24) is 0 Å². The van der Waals surface area contributed by atoms with Crippen LogP contribution in [0.3, 0.4) is 0 Å². The summed E-state index contributed by atoms with van der Waals surface area (Å²) >= 11 is 0. The van der Waals surface area contributed by atoms with Crippen molar-refractivity contribution in [3.63, 3.8) is 0 Å². The van der Waals surface area contributed by atoms with Gasteiger partial charge in [-0.05, 0) is 54.8 Å². The van der Waals surface area contributed by atoms with Gasteiger partial charge in [0.2, 0.25) is 0 Å². The molecule has 2 N–H and O–H groups in total. The minimum Gasteiger partial charge on any atom is -0.496 e. The first-order chi connectivity index (χ1) is 15.5. The molecule has 4 rings (SSSR count). The van der Waals surface area contributed by atoms with Gasteiger partial charge >= 0.3 is 5.97 Å². The number of carboxylic acids is 1. The summed E-state index contributed by atoms with van der Waals surface area (Å²) in [7, 11) is 1.49. The molecule has 0 aromatic heterocycles. The highest BCUT2D eigenvalue weighted by Gasteiger charge is 2.26. The quantitative estimate of drug-likeness (QED) is 0.579. The third kappa shape index (κ3) is 4.30. The number of aryl methyl sites for hydroxylation is 1. The number of aromatic carboxylic acids is 1. The van der Waals surface area contributed by atoms with Gasteiger partial charge in [-0.25, -0.2) is 4.79 Å². The molecule has 1 aliphatic rings. The molecule has 32 heavy (non-hydrogen) atoms. The molecule has 0 radical (unpaired) electrons. The van der Waals surface area contributed by atoms with Crippen LogP contribution >= 0.6 is 0 Å². The number of nitrogens with zero attached hydrogens (tertiary/aromatic N) is 1. The Balaban J connectivity index is 1.55. The molecule has 1 fully saturated rings. The largest absolute Gasteiger partial charge is 0.496 e. The van der Waals surface area contributed by atoms with Crippen molar-refractivity contribution >= 4 is 23.3 Å². The van der Waals surface area contributed by atoms with Gasteiger partial charge in [0.05, 0.1) is 23.9 Å². The average Bonchev–Trinajstić information content (AvgIpc) is 3.29. The fourth-order valence-corrected chi connectivity index (χ4v) is 4.33. The molecule has 6 heteroatoms. The van der Waals surface area contributed by atoms with E-state index in [1.807, 2.05) is 12.1 Å². The minimum atomic E-state index is -1.09. The maximum Gasteiger partial charge on any atom is 0.337 e. The summed E-state index contributed by atoms with van der Waals surface area (Å²) < 4.78 is 5.24. The van der Waals surface area contributed by atoms with Crippen LogP contribution < -0.4 is 15.0 Å². The lowest BCUT2D eigenvalue weighted by molar-refractivity contribution is 0.0698. The molecule has 0 aliphatic carbocycles. The standard InChI is InChI=1S/C26H26N2O4/c1-17-7-3-4-8-20(17)18-13-14-28(16-18)19-11-12-23(22(15-19)26(30)31)27-25(29)21-9-5-6-10-24(21)32-2/h3-12,15,18H,13-14,16H2,1-2H3,(H,27,29)(H,30,31)/t18-/m0/s1. The van der Waals surface area contributed by atoms with E-state index in [1.165, 1.54) is 18.2 Å². The Morgan fingerprint density at radius 3 is 2.53 bits per heavy atom. The molecular weight excluding hydrogens is 404 g/mol. The summed E-state index contributed by atoms with van der Waals surface area (Å²) in [5.74, 6) is -0.664. The Morgan fingerprint density at radius 2 is 1.78 bits per heavy atom. The molecule has 6 nitrogen and oxygen atoms in total. The summed E-state index contributed by atoms with van der Waals surface area (Å²) in [4.78, 5) is 26.9. The van der Waals surface area contributed by atoms with E-state index in [0.717, 1.165) is 25.2 Å². The SMILES string of the molecule is COc1ccccc1C(=O)Nc1ccc(N2CC[C@H](c3ccccc3C)C2)cc1C(=O)O. The van der Waals surface area contributed by atoms with Crippen LogP contribution in [0.2, 0.25) is 0 Å². The van der Waals surface area contributed by atoms with Crippen molar-refractivity contribution < 1.29 is 19.4 Å². The van der Waals surface area contributed by atoms with E-state index < -0.39 is 11.9 Å². The van der Waals surface area contributed by atoms with Crippen molar-refractivity contribution in [3.05, 3.63) is 89.0 Å². The number of methoxy groups -OCH3 is 1. The van der Waals surface area contributed by atoms with Crippen molar-refractivity contribution in [3.8, 4) is 5.75 Å². The number of ether oxygens (including phenoxy) is 1. The molecule has 3 aromatic carbocycles. The highest BCUT2D eigenvalue weighted by atomic mass is 16.5. The average molecular weight is 431 g/mol. The lowest BCUT2D eigenvalue weighted by Gasteiger charge is -2.21. The topological polar surface area (TPSA) is 78.9 Å². The van der Waals surface area contributed by atoms with E-state index in [4.69, 9.17) is 4.74 Å². The Bertz CT molecular complexity index is 1160. The van der Waals surface area contributed by atoms with Gasteiger partial charge in [-0.1, -0.05) is 36.4 Å². The van der Waals surface area contributed by atoms with Crippen LogP contribution in [0.1, 0.15) is 44.2 Å². The first-order valence-corrected chi connectivity index (χ1v) is 10.6. The number of anilines is 2. The fourth-order valence-electron chi connectivity index (χ4n) is 4.33. The predicted molar refractivity (Wildman–Crippen MR) is 125 cm³/mol. The molecule has 1 heterocycles. The summed E-state index contributed by atoms with van der Waals surface area (Å²) in [5.41, 5.74) is 4.12. The van der Waals surface area contributed by atoms with E-state index in [-0.39, 0.29) is 11.3 Å². The first kappa shape index (κ1) is 21.4. The second-order valence-electron chi connectivity index (χ2n) is 7.98. The summed E-state index contributed by atoms with van der Waals surface area (Å²) in [6.45, 7) is 3.81. The zero-order valence-corrected chi connectivity index (χ0v) is 18.2. The molecule has 1 aliphatic heterocycles. The smallest absolute Gasteiger partial charge is 0.337 e. The molecule has 1 saturated heterocycles. The van der Waals surface area contributed by atoms with Gasteiger partial charge in [-0.3, -0.25) is 4.79 Å². The predicted octanol–water partition coefficient (Wildman–Crippen LogP) is 4.95. The zero-order valence-electron chi connectivity index (χ0n) is 18.2. The minimum absolute atomic E-state index is 0.0603. The van der Waals surface area contributed by atoms with E-state index in [2.05, 4.69) is 35.3 Å². The van der Waals surface area contributed by atoms with Crippen LogP contribution in [0, 0.1) is 6.92 Å². The number of hydrogen-bond acceptors (Lipinski definition) is 4. The van der Waals surface area contributed by atoms with Crippen LogP contribution in [-0.2, 0) is 0 Å². The van der Waals surface area contributed by atoms with Crippen molar-refractivity contribution in [1.29, 1.82) is 0 Å². The number of nitrogens with one attached hydrogen (secondary N) is 1. The van der Waals surface area contributed by atoms with E-state index >= 15 is 0 Å². The Kier molecular flexibility index (Phi) is 6.12. The van der Waals surface area contributed by atoms with Crippen LogP contribution in [0.4, 0.5) is 11.4 Å². The van der Waals surface area contributed by atoms with Gasteiger partial charge in [0, 0.05) is 24.7 Å². The van der Waals surface area contributed by atoms with Crippen LogP contribution in [0.25, 0.3) is 0 Å². The van der Waals surface area contributed by atoms with Crippen LogP contribution in [-0.4, -0.2) is 37.2 Å². The first-order valence-electron chi connectivity index (χ1n) is 10.6. The van der Waals surface area contributed by atoms with Crippen molar-refractivity contribution in [2.45, 2.75) is 19.3 Å². The van der Waals surface area contributed by atoms with Crippen LogP contribution in [0.5, 0.6) is 5.75 Å². The molecule has 1 atom stereocenters. The monoisotopic (exact) mass is 430 g/mol. The second-order valence-corrected chi connectivity index (χ2v) is 7.98. The molecule has 3 aromatic rings. The van der Waals surface area contributed by atoms with Gasteiger partial charge in [0.1, 0.15) is 5.75 Å². The molecule has 1 amide bonds. The Hall–Kier alpha value is -3.80. The normalized spacial score (nSPS) is 15.4. The van der Waals surface area contributed by atoms with E-state index in [1.54, 1.807) is 36.4 Å². The lowest BCUT2D eigenvalue weighted by Crippen LogP contribution is -2.21. The number of benzene rings is 3. The number of carboxylic acid groups (broad SMARTS) is 1. The third-order valence-electron chi connectivity index (χ3n) is 6.02. The van der Waals surface area contributed by atoms with Crippen LogP contribution in [0.15, 0.2) is 66.7 Å². The van der Waals surface area contributed by atoms with E-state index in [0.29, 0.717) is 17.2 Å². The zero-order chi connectivity index (χ0) is 22.7. The van der Waals surface area contributed by atoms with Gasteiger partial charge in [0.25, 0.3) is 5.91 Å². The molecule has 164 valence electrons. The maximum absolute atomic E-state index is 12.7. The van der Waals surface area contributed by atoms with Gasteiger partial charge < -0.3 is 20.1 Å². The summed E-state index contributed by atoms with van der Waals surface area (Å²) in [6, 6.07) is 20.4.